The van der Waals surface area contributed by atoms with Gasteiger partial charge in [0, 0.05) is 6.20 Å². The van der Waals surface area contributed by atoms with Crippen molar-refractivity contribution in [1.29, 1.82) is 0 Å². The monoisotopic (exact) mass is 419 g/mol. The Balaban J connectivity index is 2.08. The highest BCUT2D eigenvalue weighted by Crippen LogP contribution is 2.25. The molecule has 0 spiro atoms. The summed E-state index contributed by atoms with van der Waals surface area (Å²) in [7, 11) is 0. The summed E-state index contributed by atoms with van der Waals surface area (Å²) < 4.78 is 7.53. The Labute approximate surface area is 153 Å². The molecular weight excluding hydrogens is 405 g/mol. The third-order valence-corrected chi connectivity index (χ3v) is 3.98. The molecular formula is C15H16BrCl2N3O2. The minimum Gasteiger partial charge on any atom is -0.444 e. The van der Waals surface area contributed by atoms with Crippen LogP contribution in [0.2, 0.25) is 10.0 Å². The number of aromatic nitrogens is 2. The number of amides is 1. The summed E-state index contributed by atoms with van der Waals surface area (Å²) in [5.41, 5.74) is 0.373. The summed E-state index contributed by atoms with van der Waals surface area (Å²) in [5.74, 6) is 0.388. The largest absolute Gasteiger partial charge is 0.444 e. The van der Waals surface area contributed by atoms with Crippen LogP contribution < -0.4 is 5.32 Å². The first kappa shape index (κ1) is 18.1. The normalized spacial score (nSPS) is 11.4. The number of ether oxygens (including phenoxy) is 1. The second-order valence-corrected chi connectivity index (χ2v) is 7.57. The molecule has 124 valence electrons. The van der Waals surface area contributed by atoms with Crippen LogP contribution in [0, 0.1) is 0 Å². The topological polar surface area (TPSA) is 56.1 Å². The fraction of sp³-hybridized carbons (Fsp3) is 0.333. The number of hydrogen-bond acceptors (Lipinski definition) is 3. The molecule has 0 unspecified atom stereocenters. The predicted octanol–water partition coefficient (Wildman–Crippen LogP) is 5.35. The van der Waals surface area contributed by atoms with Crippen LogP contribution >= 0.6 is 39.1 Å². The van der Waals surface area contributed by atoms with Crippen LogP contribution in [0.5, 0.6) is 0 Å². The molecule has 0 aliphatic heterocycles. The predicted molar refractivity (Wildman–Crippen MR) is 95.3 cm³/mol. The molecule has 5 nitrogen and oxygen atoms in total. The minimum absolute atomic E-state index is 0.388. The quantitative estimate of drug-likeness (QED) is 0.728. The molecule has 8 heteroatoms. The molecule has 0 aliphatic carbocycles. The van der Waals surface area contributed by atoms with E-state index in [0.717, 1.165) is 5.56 Å². The van der Waals surface area contributed by atoms with E-state index in [1.165, 1.54) is 0 Å². The fourth-order valence-electron chi connectivity index (χ4n) is 1.79. The van der Waals surface area contributed by atoms with Crippen molar-refractivity contribution in [2.45, 2.75) is 32.9 Å². The second-order valence-electron chi connectivity index (χ2n) is 5.90. The summed E-state index contributed by atoms with van der Waals surface area (Å²) in [6, 6.07) is 5.38. The fourth-order valence-corrected chi connectivity index (χ4v) is 2.52. The lowest BCUT2D eigenvalue weighted by atomic mass is 10.2. The molecule has 0 saturated heterocycles. The average Bonchev–Trinajstić information content (AvgIpc) is 2.72. The van der Waals surface area contributed by atoms with Gasteiger partial charge in [-0.15, -0.1) is 0 Å². The van der Waals surface area contributed by atoms with Crippen molar-refractivity contribution in [3.8, 4) is 0 Å². The molecule has 0 aliphatic rings. The van der Waals surface area contributed by atoms with Crippen molar-refractivity contribution in [2.75, 3.05) is 5.32 Å². The first-order valence-corrected chi connectivity index (χ1v) is 8.36. The van der Waals surface area contributed by atoms with Crippen LogP contribution in [0.15, 0.2) is 28.9 Å². The van der Waals surface area contributed by atoms with E-state index in [4.69, 9.17) is 27.9 Å². The van der Waals surface area contributed by atoms with E-state index in [2.05, 4.69) is 26.3 Å². The summed E-state index contributed by atoms with van der Waals surface area (Å²) in [5, 5.41) is 7.91. The van der Waals surface area contributed by atoms with Gasteiger partial charge in [0.15, 0.2) is 5.82 Å². The number of carbonyl (C=O) groups is 1. The van der Waals surface area contributed by atoms with Gasteiger partial charge in [-0.3, -0.25) is 10.00 Å². The van der Waals surface area contributed by atoms with E-state index in [9.17, 15) is 4.79 Å². The molecule has 2 rings (SSSR count). The number of halogens is 3. The molecule has 0 saturated carbocycles. The Hall–Kier alpha value is -1.24. The van der Waals surface area contributed by atoms with E-state index in [1.807, 2.05) is 6.07 Å². The van der Waals surface area contributed by atoms with Gasteiger partial charge in [0.05, 0.1) is 21.1 Å². The van der Waals surface area contributed by atoms with E-state index in [-0.39, 0.29) is 0 Å². The summed E-state index contributed by atoms with van der Waals surface area (Å²) in [6.45, 7) is 5.88. The van der Waals surface area contributed by atoms with E-state index >= 15 is 0 Å². The Morgan fingerprint density at radius 3 is 2.65 bits per heavy atom. The number of carbonyl (C=O) groups excluding carboxylic acids is 1. The lowest BCUT2D eigenvalue weighted by Gasteiger charge is -2.19. The van der Waals surface area contributed by atoms with Crippen molar-refractivity contribution >= 4 is 51.0 Å². The highest BCUT2D eigenvalue weighted by Gasteiger charge is 2.18. The van der Waals surface area contributed by atoms with Gasteiger partial charge in [-0.2, -0.15) is 5.10 Å². The minimum atomic E-state index is -0.570. The number of hydrogen-bond donors (Lipinski definition) is 1. The number of nitrogens with one attached hydrogen (secondary N) is 1. The van der Waals surface area contributed by atoms with Crippen LogP contribution in [0.1, 0.15) is 26.3 Å². The van der Waals surface area contributed by atoms with E-state index in [0.29, 0.717) is 26.9 Å². The lowest BCUT2D eigenvalue weighted by Crippen LogP contribution is -2.27. The van der Waals surface area contributed by atoms with Crippen molar-refractivity contribution in [3.05, 3.63) is 44.5 Å². The molecule has 0 atom stereocenters. The first-order chi connectivity index (χ1) is 10.6. The van der Waals surface area contributed by atoms with Gasteiger partial charge in [0.25, 0.3) is 0 Å². The third kappa shape index (κ3) is 5.41. The summed E-state index contributed by atoms with van der Waals surface area (Å²) in [4.78, 5) is 11.8. The number of anilines is 1. The molecule has 1 amide bonds. The third-order valence-electron chi connectivity index (χ3n) is 2.66. The first-order valence-electron chi connectivity index (χ1n) is 6.81. The molecule has 0 fully saturated rings. The Morgan fingerprint density at radius 2 is 2.04 bits per heavy atom. The average molecular weight is 421 g/mol. The van der Waals surface area contributed by atoms with Crippen LogP contribution in [-0.4, -0.2) is 21.5 Å². The van der Waals surface area contributed by atoms with Crippen LogP contribution in [0.4, 0.5) is 10.6 Å². The maximum absolute atomic E-state index is 11.8. The maximum atomic E-state index is 11.8. The zero-order chi connectivity index (χ0) is 17.2. The summed E-state index contributed by atoms with van der Waals surface area (Å²) >= 11 is 15.3. The molecule has 2 aromatic rings. The lowest BCUT2D eigenvalue weighted by molar-refractivity contribution is 0.0635. The zero-order valence-electron chi connectivity index (χ0n) is 12.9. The molecule has 1 N–H and O–H groups in total. The molecule has 1 heterocycles. The van der Waals surface area contributed by atoms with Crippen molar-refractivity contribution in [1.82, 2.24) is 9.78 Å². The maximum Gasteiger partial charge on any atom is 0.413 e. The van der Waals surface area contributed by atoms with Gasteiger partial charge < -0.3 is 4.74 Å². The number of benzene rings is 1. The van der Waals surface area contributed by atoms with Gasteiger partial charge in [-0.1, -0.05) is 29.3 Å². The van der Waals surface area contributed by atoms with Gasteiger partial charge in [-0.25, -0.2) is 4.79 Å². The highest BCUT2D eigenvalue weighted by atomic mass is 79.9. The van der Waals surface area contributed by atoms with Gasteiger partial charge in [0.1, 0.15) is 5.60 Å². The van der Waals surface area contributed by atoms with Crippen LogP contribution in [-0.2, 0) is 11.3 Å². The molecule has 23 heavy (non-hydrogen) atoms. The van der Waals surface area contributed by atoms with E-state index < -0.39 is 11.7 Å². The Bertz CT molecular complexity index is 726. The second kappa shape index (κ2) is 7.11. The SMILES string of the molecule is CC(C)(C)OC(=O)Nc1nn(Cc2ccc(Cl)c(Cl)c2)cc1Br. The van der Waals surface area contributed by atoms with Crippen molar-refractivity contribution in [2.24, 2.45) is 0 Å². The van der Waals surface area contributed by atoms with E-state index in [1.54, 1.807) is 43.8 Å². The Morgan fingerprint density at radius 1 is 1.35 bits per heavy atom. The van der Waals surface area contributed by atoms with Gasteiger partial charge in [-0.05, 0) is 54.4 Å². The molecule has 1 aromatic heterocycles. The summed E-state index contributed by atoms with van der Waals surface area (Å²) in [6.07, 6.45) is 1.20. The van der Waals surface area contributed by atoms with Crippen LogP contribution in [0.25, 0.3) is 0 Å². The Kier molecular flexibility index (Phi) is 5.60. The van der Waals surface area contributed by atoms with Crippen molar-refractivity contribution in [3.63, 3.8) is 0 Å². The van der Waals surface area contributed by atoms with Crippen LogP contribution in [0.3, 0.4) is 0 Å². The molecule has 1 aromatic carbocycles. The van der Waals surface area contributed by atoms with Gasteiger partial charge >= 0.3 is 6.09 Å². The zero-order valence-corrected chi connectivity index (χ0v) is 16.0. The number of rotatable bonds is 3. The smallest absolute Gasteiger partial charge is 0.413 e. The standard InChI is InChI=1S/C15H16BrCl2N3O2/c1-15(2,3)23-14(22)19-13-10(16)8-21(20-13)7-9-4-5-11(17)12(18)6-9/h4-6,8H,7H2,1-3H3,(H,19,20,22). The highest BCUT2D eigenvalue weighted by molar-refractivity contribution is 9.10. The van der Waals surface area contributed by atoms with Crippen molar-refractivity contribution < 1.29 is 9.53 Å². The number of nitrogens with zero attached hydrogens (tertiary/aromatic N) is 2. The van der Waals surface area contributed by atoms with Gasteiger partial charge in [0.2, 0.25) is 0 Å². The molecule has 0 radical (unpaired) electrons. The molecule has 0 bridgehead atoms.